The summed E-state index contributed by atoms with van der Waals surface area (Å²) in [5, 5.41) is 5.75. The van der Waals surface area contributed by atoms with Gasteiger partial charge in [0.1, 0.15) is 5.82 Å². The molecule has 2 aliphatic rings. The predicted molar refractivity (Wildman–Crippen MR) is 111 cm³/mol. The first-order valence-electron chi connectivity index (χ1n) is 9.93. The lowest BCUT2D eigenvalue weighted by atomic mass is 9.99. The molecule has 1 unspecified atom stereocenters. The summed E-state index contributed by atoms with van der Waals surface area (Å²) in [6.07, 6.45) is 1.80. The number of carbonyl (C=O) groups is 2. The normalized spacial score (nSPS) is 18.6. The lowest BCUT2D eigenvalue weighted by Gasteiger charge is -2.25. The molecule has 152 valence electrons. The van der Waals surface area contributed by atoms with Crippen molar-refractivity contribution < 1.29 is 14.0 Å². The molecule has 2 N–H and O–H groups in total. The van der Waals surface area contributed by atoms with Crippen LogP contribution in [0.1, 0.15) is 22.3 Å². The van der Waals surface area contributed by atoms with Gasteiger partial charge in [-0.25, -0.2) is 9.18 Å². The number of hydrogen-bond donors (Lipinski definition) is 2. The highest BCUT2D eigenvalue weighted by molar-refractivity contribution is 5.99. The quantitative estimate of drug-likeness (QED) is 0.835. The van der Waals surface area contributed by atoms with E-state index in [1.54, 1.807) is 30.1 Å². The number of fused-ring (bicyclic) bond motifs is 1. The molecule has 0 aromatic heterocycles. The van der Waals surface area contributed by atoms with Crippen LogP contribution in [-0.2, 0) is 6.42 Å². The number of anilines is 2. The van der Waals surface area contributed by atoms with E-state index in [2.05, 4.69) is 15.5 Å². The number of amides is 3. The molecule has 4 rings (SSSR count). The number of likely N-dealkylation sites (N-methyl/N-ethyl adjacent to an activating group) is 1. The fourth-order valence-electron chi connectivity index (χ4n) is 3.96. The van der Waals surface area contributed by atoms with Gasteiger partial charge in [-0.1, -0.05) is 6.07 Å². The van der Waals surface area contributed by atoms with E-state index in [-0.39, 0.29) is 17.8 Å². The molecule has 7 heteroatoms. The second-order valence-corrected chi connectivity index (χ2v) is 7.76. The van der Waals surface area contributed by atoms with Gasteiger partial charge in [-0.2, -0.15) is 0 Å². The highest BCUT2D eigenvalue weighted by atomic mass is 19.1. The van der Waals surface area contributed by atoms with Crippen molar-refractivity contribution in [1.82, 2.24) is 10.2 Å². The molecule has 3 amide bonds. The summed E-state index contributed by atoms with van der Waals surface area (Å²) in [5.74, 6) is 0.0880. The third-order valence-corrected chi connectivity index (χ3v) is 5.69. The van der Waals surface area contributed by atoms with Crippen LogP contribution in [0.5, 0.6) is 0 Å². The summed E-state index contributed by atoms with van der Waals surface area (Å²) >= 11 is 0. The van der Waals surface area contributed by atoms with Gasteiger partial charge in [-0.05, 0) is 60.7 Å². The van der Waals surface area contributed by atoms with E-state index in [9.17, 15) is 14.0 Å². The molecule has 0 spiro atoms. The minimum atomic E-state index is -0.276. The van der Waals surface area contributed by atoms with E-state index < -0.39 is 0 Å². The van der Waals surface area contributed by atoms with Crippen LogP contribution in [0, 0.1) is 11.7 Å². The molecule has 1 saturated heterocycles. The monoisotopic (exact) mass is 396 g/mol. The Morgan fingerprint density at radius 1 is 1.17 bits per heavy atom. The summed E-state index contributed by atoms with van der Waals surface area (Å²) in [4.78, 5) is 28.5. The van der Waals surface area contributed by atoms with E-state index >= 15 is 0 Å². The van der Waals surface area contributed by atoms with E-state index in [1.165, 1.54) is 12.1 Å². The van der Waals surface area contributed by atoms with Crippen molar-refractivity contribution in [2.24, 2.45) is 5.92 Å². The highest BCUT2D eigenvalue weighted by Gasteiger charge is 2.24. The summed E-state index contributed by atoms with van der Waals surface area (Å²) in [5.41, 5.74) is 3.29. The van der Waals surface area contributed by atoms with E-state index in [0.717, 1.165) is 43.7 Å². The SMILES string of the molecule is CN1CCc2ccc(NC(=O)NCC3CCN(c4ccc(F)cc4)C3)cc2C1=O. The first-order chi connectivity index (χ1) is 14.0. The first kappa shape index (κ1) is 19.2. The zero-order valence-corrected chi connectivity index (χ0v) is 16.5. The Bertz CT molecular complexity index is 916. The van der Waals surface area contributed by atoms with Gasteiger partial charge in [0.15, 0.2) is 0 Å². The molecule has 2 aromatic carbocycles. The van der Waals surface area contributed by atoms with Gasteiger partial charge in [0.05, 0.1) is 0 Å². The molecule has 0 radical (unpaired) electrons. The Hall–Kier alpha value is -3.09. The molecule has 1 fully saturated rings. The Labute approximate surface area is 169 Å². The average molecular weight is 396 g/mol. The Kier molecular flexibility index (Phi) is 5.38. The van der Waals surface area contributed by atoms with Crippen LogP contribution >= 0.6 is 0 Å². The molecule has 2 aromatic rings. The van der Waals surface area contributed by atoms with Gasteiger partial charge < -0.3 is 20.4 Å². The number of halogens is 1. The Morgan fingerprint density at radius 3 is 2.76 bits per heavy atom. The van der Waals surface area contributed by atoms with Gasteiger partial charge in [0, 0.05) is 50.2 Å². The largest absolute Gasteiger partial charge is 0.371 e. The third-order valence-electron chi connectivity index (χ3n) is 5.69. The minimum Gasteiger partial charge on any atom is -0.371 e. The maximum Gasteiger partial charge on any atom is 0.319 e. The topological polar surface area (TPSA) is 64.7 Å². The van der Waals surface area contributed by atoms with Crippen molar-refractivity contribution >= 4 is 23.3 Å². The van der Waals surface area contributed by atoms with Gasteiger partial charge in [-0.15, -0.1) is 0 Å². The van der Waals surface area contributed by atoms with Crippen molar-refractivity contribution in [3.63, 3.8) is 0 Å². The number of rotatable bonds is 4. The van der Waals surface area contributed by atoms with Gasteiger partial charge in [0.25, 0.3) is 5.91 Å². The maximum atomic E-state index is 13.1. The lowest BCUT2D eigenvalue weighted by molar-refractivity contribution is 0.0781. The molecule has 2 aliphatic heterocycles. The van der Waals surface area contributed by atoms with E-state index in [0.29, 0.717) is 23.7 Å². The molecule has 1 atom stereocenters. The smallest absolute Gasteiger partial charge is 0.319 e. The summed E-state index contributed by atoms with van der Waals surface area (Å²) in [7, 11) is 1.79. The van der Waals surface area contributed by atoms with Gasteiger partial charge in [-0.3, -0.25) is 4.79 Å². The van der Waals surface area contributed by atoms with Crippen LogP contribution in [-0.4, -0.2) is 50.1 Å². The molecular formula is C22H25FN4O2. The number of urea groups is 1. The second kappa shape index (κ2) is 8.11. The van der Waals surface area contributed by atoms with Gasteiger partial charge >= 0.3 is 6.03 Å². The molecule has 2 heterocycles. The minimum absolute atomic E-state index is 0.0119. The first-order valence-corrected chi connectivity index (χ1v) is 9.93. The van der Waals surface area contributed by atoms with Crippen LogP contribution < -0.4 is 15.5 Å². The van der Waals surface area contributed by atoms with Crippen LogP contribution in [0.3, 0.4) is 0 Å². The molecule has 29 heavy (non-hydrogen) atoms. The number of hydrogen-bond acceptors (Lipinski definition) is 3. The third kappa shape index (κ3) is 4.34. The van der Waals surface area contributed by atoms with E-state index in [1.807, 2.05) is 12.1 Å². The number of nitrogens with zero attached hydrogens (tertiary/aromatic N) is 2. The molecule has 0 bridgehead atoms. The Morgan fingerprint density at radius 2 is 1.97 bits per heavy atom. The zero-order chi connectivity index (χ0) is 20.4. The van der Waals surface area contributed by atoms with Crippen molar-refractivity contribution in [3.05, 3.63) is 59.4 Å². The van der Waals surface area contributed by atoms with Crippen LogP contribution in [0.2, 0.25) is 0 Å². The van der Waals surface area contributed by atoms with Crippen LogP contribution in [0.25, 0.3) is 0 Å². The second-order valence-electron chi connectivity index (χ2n) is 7.76. The summed E-state index contributed by atoms with van der Waals surface area (Å²) < 4.78 is 13.1. The zero-order valence-electron chi connectivity index (χ0n) is 16.5. The van der Waals surface area contributed by atoms with Gasteiger partial charge in [0.2, 0.25) is 0 Å². The van der Waals surface area contributed by atoms with Crippen molar-refractivity contribution in [1.29, 1.82) is 0 Å². The fraction of sp³-hybridized carbons (Fsp3) is 0.364. The van der Waals surface area contributed by atoms with Crippen LogP contribution in [0.15, 0.2) is 42.5 Å². The lowest BCUT2D eigenvalue weighted by Crippen LogP contribution is -2.35. The maximum absolute atomic E-state index is 13.1. The molecule has 0 aliphatic carbocycles. The molecular weight excluding hydrogens is 371 g/mol. The standard InChI is InChI=1S/C22H25FN4O2/c1-26-10-9-16-2-5-18(12-20(16)21(26)28)25-22(29)24-13-15-8-11-27(14-15)19-6-3-17(23)4-7-19/h2-7,12,15H,8-11,13-14H2,1H3,(H2,24,25,29). The summed E-state index contributed by atoms with van der Waals surface area (Å²) in [6, 6.07) is 11.7. The highest BCUT2D eigenvalue weighted by Crippen LogP contribution is 2.24. The van der Waals surface area contributed by atoms with Crippen molar-refractivity contribution in [3.8, 4) is 0 Å². The fourth-order valence-corrected chi connectivity index (χ4v) is 3.96. The summed E-state index contributed by atoms with van der Waals surface area (Å²) in [6.45, 7) is 3.00. The number of nitrogens with one attached hydrogen (secondary N) is 2. The number of benzene rings is 2. The van der Waals surface area contributed by atoms with Crippen molar-refractivity contribution in [2.45, 2.75) is 12.8 Å². The van der Waals surface area contributed by atoms with Crippen molar-refractivity contribution in [2.75, 3.05) is 43.4 Å². The van der Waals surface area contributed by atoms with Crippen LogP contribution in [0.4, 0.5) is 20.6 Å². The molecule has 0 saturated carbocycles. The van der Waals surface area contributed by atoms with E-state index in [4.69, 9.17) is 0 Å². The number of carbonyl (C=O) groups excluding carboxylic acids is 2. The predicted octanol–water partition coefficient (Wildman–Crippen LogP) is 3.10. The molecule has 6 nitrogen and oxygen atoms in total. The Balaban J connectivity index is 1.29. The average Bonchev–Trinajstić information content (AvgIpc) is 3.19.